The number of rotatable bonds is 8. The van der Waals surface area contributed by atoms with Crippen LogP contribution in [0.15, 0.2) is 18.2 Å². The maximum atomic E-state index is 12.0. The molecule has 2 N–H and O–H groups in total. The summed E-state index contributed by atoms with van der Waals surface area (Å²) in [7, 11) is 5.18. The predicted molar refractivity (Wildman–Crippen MR) is 110 cm³/mol. The maximum absolute atomic E-state index is 12.0. The fourth-order valence-electron chi connectivity index (χ4n) is 3.03. The van der Waals surface area contributed by atoms with Crippen LogP contribution in [0.25, 0.3) is 0 Å². The highest BCUT2D eigenvalue weighted by molar-refractivity contribution is 5.85. The number of methoxy groups -OCH3 is 2. The first-order chi connectivity index (χ1) is 11.6. The molecule has 150 valence electrons. The van der Waals surface area contributed by atoms with Gasteiger partial charge in [0, 0.05) is 56.0 Å². The van der Waals surface area contributed by atoms with E-state index in [1.807, 2.05) is 32.2 Å². The van der Waals surface area contributed by atoms with Crippen molar-refractivity contribution in [3.63, 3.8) is 0 Å². The summed E-state index contributed by atoms with van der Waals surface area (Å²) in [6.45, 7) is 5.27. The Kier molecular flexibility index (Phi) is 11.5. The van der Waals surface area contributed by atoms with Crippen molar-refractivity contribution in [2.45, 2.75) is 13.3 Å². The van der Waals surface area contributed by atoms with Crippen molar-refractivity contribution in [2.24, 2.45) is 11.8 Å². The largest absolute Gasteiger partial charge is 0.497 e. The highest BCUT2D eigenvalue weighted by Crippen LogP contribution is 2.31. The molecule has 0 aliphatic carbocycles. The molecule has 1 aliphatic heterocycles. The van der Waals surface area contributed by atoms with Crippen LogP contribution in [0.1, 0.15) is 13.3 Å². The van der Waals surface area contributed by atoms with Gasteiger partial charge < -0.3 is 25.0 Å². The van der Waals surface area contributed by atoms with Gasteiger partial charge in [0.25, 0.3) is 0 Å². The second kappa shape index (κ2) is 12.1. The van der Waals surface area contributed by atoms with Gasteiger partial charge in [-0.25, -0.2) is 0 Å². The van der Waals surface area contributed by atoms with Crippen molar-refractivity contribution in [3.8, 4) is 11.5 Å². The summed E-state index contributed by atoms with van der Waals surface area (Å²) >= 11 is 0. The third-order valence-corrected chi connectivity index (χ3v) is 4.51. The standard InChI is InChI=1S/C18H29N3O3.2ClH/c1-13(10-19-2)18(22)20-11-14-5-6-21(12-14)15-7-16(23-3)9-17(8-15)24-4;;/h7-9,13-14,19H,5-6,10-12H2,1-4H3,(H,20,22);2*1H. The third kappa shape index (κ3) is 6.74. The van der Waals surface area contributed by atoms with Crippen LogP contribution in [0.4, 0.5) is 5.69 Å². The fraction of sp³-hybridized carbons (Fsp3) is 0.611. The summed E-state index contributed by atoms with van der Waals surface area (Å²) in [5, 5.41) is 6.11. The van der Waals surface area contributed by atoms with E-state index in [9.17, 15) is 4.79 Å². The van der Waals surface area contributed by atoms with E-state index in [2.05, 4.69) is 15.5 Å². The summed E-state index contributed by atoms with van der Waals surface area (Å²) in [6.07, 6.45) is 1.07. The molecular weight excluding hydrogens is 377 g/mol. The van der Waals surface area contributed by atoms with E-state index in [0.29, 0.717) is 12.5 Å². The third-order valence-electron chi connectivity index (χ3n) is 4.51. The summed E-state index contributed by atoms with van der Waals surface area (Å²) < 4.78 is 10.7. The van der Waals surface area contributed by atoms with Gasteiger partial charge in [-0.3, -0.25) is 4.79 Å². The van der Waals surface area contributed by atoms with Crippen LogP contribution in [0.3, 0.4) is 0 Å². The summed E-state index contributed by atoms with van der Waals surface area (Å²) in [4.78, 5) is 14.3. The van der Waals surface area contributed by atoms with E-state index in [4.69, 9.17) is 9.47 Å². The molecule has 2 unspecified atom stereocenters. The van der Waals surface area contributed by atoms with Crippen LogP contribution >= 0.6 is 24.8 Å². The fourth-order valence-corrected chi connectivity index (χ4v) is 3.03. The highest BCUT2D eigenvalue weighted by Gasteiger charge is 2.24. The number of carbonyl (C=O) groups is 1. The zero-order chi connectivity index (χ0) is 17.5. The second-order valence-corrected chi connectivity index (χ2v) is 6.38. The zero-order valence-corrected chi connectivity index (χ0v) is 17.5. The molecule has 1 aliphatic rings. The molecule has 1 heterocycles. The number of benzene rings is 1. The zero-order valence-electron chi connectivity index (χ0n) is 15.9. The Balaban J connectivity index is 0.00000312. The van der Waals surface area contributed by atoms with E-state index < -0.39 is 0 Å². The Labute approximate surface area is 168 Å². The first-order valence-electron chi connectivity index (χ1n) is 8.47. The molecule has 0 saturated carbocycles. The number of amides is 1. The van der Waals surface area contributed by atoms with E-state index >= 15 is 0 Å². The van der Waals surface area contributed by atoms with Crippen LogP contribution in [0.5, 0.6) is 11.5 Å². The molecule has 1 aromatic rings. The molecule has 0 bridgehead atoms. The molecule has 2 atom stereocenters. The van der Waals surface area contributed by atoms with Crippen LogP contribution in [-0.2, 0) is 4.79 Å². The number of halogens is 2. The minimum Gasteiger partial charge on any atom is -0.497 e. The number of hydrogen-bond donors (Lipinski definition) is 2. The van der Waals surface area contributed by atoms with Crippen molar-refractivity contribution < 1.29 is 14.3 Å². The molecule has 1 aromatic carbocycles. The molecule has 26 heavy (non-hydrogen) atoms. The predicted octanol–water partition coefficient (Wildman–Crippen LogP) is 2.35. The molecule has 2 rings (SSSR count). The van der Waals surface area contributed by atoms with Gasteiger partial charge >= 0.3 is 0 Å². The molecule has 1 fully saturated rings. The van der Waals surface area contributed by atoms with Gasteiger partial charge in [0.2, 0.25) is 5.91 Å². The van der Waals surface area contributed by atoms with Crippen molar-refractivity contribution in [3.05, 3.63) is 18.2 Å². The van der Waals surface area contributed by atoms with Crippen molar-refractivity contribution in [1.82, 2.24) is 10.6 Å². The first kappa shape index (κ1) is 24.6. The molecule has 0 spiro atoms. The lowest BCUT2D eigenvalue weighted by atomic mass is 10.1. The lowest BCUT2D eigenvalue weighted by Crippen LogP contribution is -2.37. The molecule has 8 heteroatoms. The number of nitrogens with one attached hydrogen (secondary N) is 2. The van der Waals surface area contributed by atoms with Crippen molar-refractivity contribution >= 4 is 36.4 Å². The number of hydrogen-bond acceptors (Lipinski definition) is 5. The summed E-state index contributed by atoms with van der Waals surface area (Å²) in [6, 6.07) is 5.93. The average Bonchev–Trinajstić information content (AvgIpc) is 3.08. The minimum absolute atomic E-state index is 0. The Bertz CT molecular complexity index is 538. The Morgan fingerprint density at radius 2 is 1.85 bits per heavy atom. The van der Waals surface area contributed by atoms with Gasteiger partial charge in [0.1, 0.15) is 11.5 Å². The monoisotopic (exact) mass is 407 g/mol. The Morgan fingerprint density at radius 3 is 2.38 bits per heavy atom. The molecule has 0 aromatic heterocycles. The van der Waals surface area contributed by atoms with Gasteiger partial charge in [-0.15, -0.1) is 24.8 Å². The molecule has 1 saturated heterocycles. The van der Waals surface area contributed by atoms with Gasteiger partial charge in [-0.05, 0) is 19.4 Å². The Morgan fingerprint density at radius 1 is 1.23 bits per heavy atom. The lowest BCUT2D eigenvalue weighted by molar-refractivity contribution is -0.124. The number of anilines is 1. The number of nitrogens with zero attached hydrogens (tertiary/aromatic N) is 1. The second-order valence-electron chi connectivity index (χ2n) is 6.38. The van der Waals surface area contributed by atoms with Crippen molar-refractivity contribution in [2.75, 3.05) is 52.3 Å². The SMILES string of the molecule is CNCC(C)C(=O)NCC1CCN(c2cc(OC)cc(OC)c2)C1.Cl.Cl. The van der Waals surface area contributed by atoms with Gasteiger partial charge in [0.15, 0.2) is 0 Å². The average molecular weight is 408 g/mol. The summed E-state index contributed by atoms with van der Waals surface area (Å²) in [5.74, 6) is 2.16. The van der Waals surface area contributed by atoms with E-state index in [1.54, 1.807) is 14.2 Å². The number of ether oxygens (including phenoxy) is 2. The molecular formula is C18H31Cl2N3O3. The van der Waals surface area contributed by atoms with Crippen LogP contribution in [0.2, 0.25) is 0 Å². The van der Waals surface area contributed by atoms with Crippen LogP contribution in [-0.4, -0.2) is 53.4 Å². The van der Waals surface area contributed by atoms with E-state index in [-0.39, 0.29) is 36.6 Å². The maximum Gasteiger partial charge on any atom is 0.224 e. The van der Waals surface area contributed by atoms with Crippen LogP contribution in [0, 0.1) is 11.8 Å². The lowest BCUT2D eigenvalue weighted by Gasteiger charge is -2.21. The normalized spacial score (nSPS) is 16.9. The van der Waals surface area contributed by atoms with E-state index in [1.165, 1.54) is 0 Å². The quantitative estimate of drug-likeness (QED) is 0.692. The smallest absolute Gasteiger partial charge is 0.224 e. The number of carbonyl (C=O) groups excluding carboxylic acids is 1. The van der Waals surface area contributed by atoms with Crippen LogP contribution < -0.4 is 25.0 Å². The van der Waals surface area contributed by atoms with E-state index in [0.717, 1.165) is 43.2 Å². The van der Waals surface area contributed by atoms with Crippen molar-refractivity contribution in [1.29, 1.82) is 0 Å². The first-order valence-corrected chi connectivity index (χ1v) is 8.47. The van der Waals surface area contributed by atoms with Gasteiger partial charge in [-0.1, -0.05) is 6.92 Å². The topological polar surface area (TPSA) is 62.8 Å². The van der Waals surface area contributed by atoms with Gasteiger partial charge in [0.05, 0.1) is 14.2 Å². The summed E-state index contributed by atoms with van der Waals surface area (Å²) in [5.41, 5.74) is 1.10. The molecule has 6 nitrogen and oxygen atoms in total. The Hall–Kier alpha value is -1.37. The molecule has 0 radical (unpaired) electrons. The van der Waals surface area contributed by atoms with Gasteiger partial charge in [-0.2, -0.15) is 0 Å². The molecule has 1 amide bonds. The minimum atomic E-state index is -0.00449. The highest BCUT2D eigenvalue weighted by atomic mass is 35.5.